The van der Waals surface area contributed by atoms with Gasteiger partial charge >= 0.3 is 5.97 Å². The smallest absolute Gasteiger partial charge is 0.339 e. The number of ether oxygens (including phenoxy) is 1. The van der Waals surface area contributed by atoms with Gasteiger partial charge < -0.3 is 10.1 Å². The molecule has 1 aliphatic carbocycles. The first kappa shape index (κ1) is 15.9. The molecule has 25 heavy (non-hydrogen) atoms. The quantitative estimate of drug-likeness (QED) is 0.874. The summed E-state index contributed by atoms with van der Waals surface area (Å²) in [6, 6.07) is 17.6. The van der Waals surface area contributed by atoms with Gasteiger partial charge in [0.25, 0.3) is 5.91 Å². The Hall–Kier alpha value is -2.62. The highest BCUT2D eigenvalue weighted by Gasteiger charge is 2.47. The zero-order valence-electron chi connectivity index (χ0n) is 14.2. The predicted octanol–water partition coefficient (Wildman–Crippen LogP) is 3.01. The van der Waals surface area contributed by atoms with Crippen LogP contribution in [0.1, 0.15) is 41.3 Å². The number of cyclic esters (lactones) is 1. The number of carbonyl (C=O) groups excluding carboxylic acids is 2. The number of benzene rings is 2. The van der Waals surface area contributed by atoms with Crippen molar-refractivity contribution in [1.82, 2.24) is 5.32 Å². The highest BCUT2D eigenvalue weighted by molar-refractivity contribution is 5.97. The standard InChI is InChI=1S/C21H21NO3/c1-20(13-15-7-5-6-10-17(15)18(23)25-20)19(24)22-14-21(11-12-21)16-8-3-2-4-9-16/h2-10H,11-14H2,1H3,(H,22,24). The Bertz CT molecular complexity index is 826. The van der Waals surface area contributed by atoms with Gasteiger partial charge in [0.1, 0.15) is 0 Å². The molecule has 1 N–H and O–H groups in total. The highest BCUT2D eigenvalue weighted by Crippen LogP contribution is 2.47. The van der Waals surface area contributed by atoms with Gasteiger partial charge in [0.15, 0.2) is 5.60 Å². The average Bonchev–Trinajstić information content (AvgIpc) is 3.41. The number of esters is 1. The van der Waals surface area contributed by atoms with Crippen molar-refractivity contribution in [2.75, 3.05) is 6.54 Å². The minimum absolute atomic E-state index is 0.0316. The lowest BCUT2D eigenvalue weighted by Crippen LogP contribution is -2.52. The summed E-state index contributed by atoms with van der Waals surface area (Å²) in [5.74, 6) is -0.652. The summed E-state index contributed by atoms with van der Waals surface area (Å²) in [5.41, 5.74) is 1.55. The molecule has 0 radical (unpaired) electrons. The van der Waals surface area contributed by atoms with E-state index in [-0.39, 0.29) is 11.3 Å². The van der Waals surface area contributed by atoms with Crippen LogP contribution < -0.4 is 5.32 Å². The Kier molecular flexibility index (Phi) is 3.64. The van der Waals surface area contributed by atoms with E-state index in [1.54, 1.807) is 19.1 Å². The largest absolute Gasteiger partial charge is 0.445 e. The van der Waals surface area contributed by atoms with E-state index >= 15 is 0 Å². The third-order valence-electron chi connectivity index (χ3n) is 5.39. The minimum Gasteiger partial charge on any atom is -0.445 e. The van der Waals surface area contributed by atoms with Gasteiger partial charge in [-0.05, 0) is 37.0 Å². The highest BCUT2D eigenvalue weighted by atomic mass is 16.6. The topological polar surface area (TPSA) is 55.4 Å². The third-order valence-corrected chi connectivity index (χ3v) is 5.39. The van der Waals surface area contributed by atoms with Crippen LogP contribution in [0.4, 0.5) is 0 Å². The van der Waals surface area contributed by atoms with E-state index in [1.165, 1.54) is 5.56 Å². The number of hydrogen-bond acceptors (Lipinski definition) is 3. The van der Waals surface area contributed by atoms with Crippen LogP contribution in [0.15, 0.2) is 54.6 Å². The molecule has 1 unspecified atom stereocenters. The summed E-state index contributed by atoms with van der Waals surface area (Å²) in [4.78, 5) is 25.0. The summed E-state index contributed by atoms with van der Waals surface area (Å²) < 4.78 is 5.50. The first-order valence-corrected chi connectivity index (χ1v) is 8.68. The second kappa shape index (κ2) is 5.73. The molecule has 2 aromatic rings. The molecule has 1 fully saturated rings. The van der Waals surface area contributed by atoms with E-state index in [2.05, 4.69) is 17.4 Å². The van der Waals surface area contributed by atoms with Crippen LogP contribution in [0.5, 0.6) is 0 Å². The molecule has 4 nitrogen and oxygen atoms in total. The zero-order chi connectivity index (χ0) is 17.5. The number of carbonyl (C=O) groups is 2. The second-order valence-electron chi connectivity index (χ2n) is 7.28. The molecule has 1 saturated carbocycles. The van der Waals surface area contributed by atoms with Gasteiger partial charge in [-0.3, -0.25) is 4.79 Å². The first-order valence-electron chi connectivity index (χ1n) is 8.68. The van der Waals surface area contributed by atoms with Crippen molar-refractivity contribution in [3.05, 3.63) is 71.3 Å². The molecule has 4 rings (SSSR count). The Labute approximate surface area is 147 Å². The third kappa shape index (κ3) is 2.82. The molecule has 0 bridgehead atoms. The van der Waals surface area contributed by atoms with E-state index in [4.69, 9.17) is 4.74 Å². The van der Waals surface area contributed by atoms with E-state index in [1.807, 2.05) is 30.3 Å². The summed E-state index contributed by atoms with van der Waals surface area (Å²) in [5, 5.41) is 3.03. The zero-order valence-corrected chi connectivity index (χ0v) is 14.2. The molecule has 0 saturated heterocycles. The fraction of sp³-hybridized carbons (Fsp3) is 0.333. The van der Waals surface area contributed by atoms with Gasteiger partial charge in [0, 0.05) is 18.4 Å². The average molecular weight is 335 g/mol. The Morgan fingerprint density at radius 1 is 1.08 bits per heavy atom. The van der Waals surface area contributed by atoms with Crippen molar-refractivity contribution in [1.29, 1.82) is 0 Å². The normalized spacial score (nSPS) is 23.3. The van der Waals surface area contributed by atoms with Crippen molar-refractivity contribution in [2.45, 2.75) is 37.2 Å². The lowest BCUT2D eigenvalue weighted by Gasteiger charge is -2.33. The van der Waals surface area contributed by atoms with E-state index in [0.29, 0.717) is 18.5 Å². The summed E-state index contributed by atoms with van der Waals surface area (Å²) in [6.45, 7) is 2.27. The van der Waals surface area contributed by atoms with Gasteiger partial charge in [0.2, 0.25) is 0 Å². The van der Waals surface area contributed by atoms with Crippen LogP contribution in [-0.2, 0) is 21.4 Å². The fourth-order valence-electron chi connectivity index (χ4n) is 3.61. The molecular weight excluding hydrogens is 314 g/mol. The van der Waals surface area contributed by atoms with E-state index in [9.17, 15) is 9.59 Å². The summed E-state index contributed by atoms with van der Waals surface area (Å²) >= 11 is 0. The Balaban J connectivity index is 1.48. The molecule has 1 atom stereocenters. The maximum absolute atomic E-state index is 12.8. The van der Waals surface area contributed by atoms with E-state index < -0.39 is 11.6 Å². The molecule has 1 amide bonds. The lowest BCUT2D eigenvalue weighted by molar-refractivity contribution is -0.139. The monoisotopic (exact) mass is 335 g/mol. The molecule has 0 spiro atoms. The van der Waals surface area contributed by atoms with Crippen LogP contribution in [0.25, 0.3) is 0 Å². The van der Waals surface area contributed by atoms with Crippen LogP contribution in [0.2, 0.25) is 0 Å². The van der Waals surface area contributed by atoms with Gasteiger partial charge in [-0.15, -0.1) is 0 Å². The number of rotatable bonds is 4. The van der Waals surface area contributed by atoms with Crippen molar-refractivity contribution in [2.24, 2.45) is 0 Å². The van der Waals surface area contributed by atoms with Gasteiger partial charge in [0.05, 0.1) is 5.56 Å². The van der Waals surface area contributed by atoms with Crippen molar-refractivity contribution in [3.8, 4) is 0 Å². The van der Waals surface area contributed by atoms with E-state index in [0.717, 1.165) is 18.4 Å². The summed E-state index contributed by atoms with van der Waals surface area (Å²) in [7, 11) is 0. The van der Waals surface area contributed by atoms with Gasteiger partial charge in [-0.2, -0.15) is 0 Å². The predicted molar refractivity (Wildman–Crippen MR) is 94.3 cm³/mol. The van der Waals surface area contributed by atoms with Gasteiger partial charge in [-0.1, -0.05) is 48.5 Å². The van der Waals surface area contributed by atoms with Crippen LogP contribution in [0, 0.1) is 0 Å². The molecular formula is C21H21NO3. The van der Waals surface area contributed by atoms with Crippen molar-refractivity contribution < 1.29 is 14.3 Å². The Morgan fingerprint density at radius 2 is 1.76 bits per heavy atom. The SMILES string of the molecule is CC1(C(=O)NCC2(c3ccccc3)CC2)Cc2ccccc2C(=O)O1. The van der Waals surface area contributed by atoms with Crippen LogP contribution >= 0.6 is 0 Å². The van der Waals surface area contributed by atoms with Gasteiger partial charge in [-0.25, -0.2) is 4.79 Å². The molecule has 4 heteroatoms. The maximum atomic E-state index is 12.8. The minimum atomic E-state index is -1.15. The van der Waals surface area contributed by atoms with Crippen molar-refractivity contribution >= 4 is 11.9 Å². The van der Waals surface area contributed by atoms with Crippen LogP contribution in [-0.4, -0.2) is 24.0 Å². The Morgan fingerprint density at radius 3 is 2.48 bits per heavy atom. The van der Waals surface area contributed by atoms with Crippen LogP contribution in [0.3, 0.4) is 0 Å². The number of nitrogens with one attached hydrogen (secondary N) is 1. The number of fused-ring (bicyclic) bond motifs is 1. The van der Waals surface area contributed by atoms with Crippen molar-refractivity contribution in [3.63, 3.8) is 0 Å². The maximum Gasteiger partial charge on any atom is 0.339 e. The second-order valence-corrected chi connectivity index (χ2v) is 7.28. The molecule has 128 valence electrons. The number of hydrogen-bond donors (Lipinski definition) is 1. The molecule has 0 aromatic heterocycles. The first-order chi connectivity index (χ1) is 12.0. The lowest BCUT2D eigenvalue weighted by atomic mass is 9.89. The molecule has 2 aromatic carbocycles. The molecule has 1 aliphatic heterocycles. The molecule has 1 heterocycles. The molecule has 2 aliphatic rings. The fourth-order valence-corrected chi connectivity index (χ4v) is 3.61. The summed E-state index contributed by atoms with van der Waals surface area (Å²) in [6.07, 6.45) is 2.53. The number of amides is 1.